The molecule has 0 saturated carbocycles. The molecule has 0 saturated heterocycles. The van der Waals surface area contributed by atoms with E-state index in [2.05, 4.69) is 13.0 Å². The molecule has 0 atom stereocenters. The highest BCUT2D eigenvalue weighted by Gasteiger charge is 2.16. The molecular weight excluding hydrogens is 266 g/mol. The highest BCUT2D eigenvalue weighted by atomic mass is 32.1. The van der Waals surface area contributed by atoms with Crippen LogP contribution in [0.15, 0.2) is 48.5 Å². The molecule has 1 heterocycles. The van der Waals surface area contributed by atoms with Gasteiger partial charge in [-0.3, -0.25) is 5.41 Å². The van der Waals surface area contributed by atoms with E-state index in [9.17, 15) is 5.11 Å². The van der Waals surface area contributed by atoms with Crippen molar-refractivity contribution in [2.75, 3.05) is 0 Å². The maximum atomic E-state index is 10.3. The van der Waals surface area contributed by atoms with Gasteiger partial charge in [0.05, 0.1) is 10.6 Å². The van der Waals surface area contributed by atoms with Crippen LogP contribution in [-0.4, -0.2) is 10.8 Å². The number of hydrogen-bond donors (Lipinski definition) is 2. The van der Waals surface area contributed by atoms with Gasteiger partial charge in [0.25, 0.3) is 0 Å². The van der Waals surface area contributed by atoms with Gasteiger partial charge < -0.3 is 5.11 Å². The van der Waals surface area contributed by atoms with Crippen molar-refractivity contribution in [1.29, 1.82) is 5.41 Å². The minimum Gasteiger partial charge on any atom is -0.506 e. The molecule has 3 aromatic rings. The molecule has 0 amide bonds. The minimum absolute atomic E-state index is 0.220. The van der Waals surface area contributed by atoms with E-state index < -0.39 is 0 Å². The Bertz CT molecular complexity index is 789. The third kappa shape index (κ3) is 2.10. The van der Waals surface area contributed by atoms with Crippen LogP contribution in [-0.2, 0) is 6.42 Å². The molecule has 0 aliphatic carbocycles. The first-order valence-electron chi connectivity index (χ1n) is 6.59. The molecule has 1 aromatic heterocycles. The van der Waals surface area contributed by atoms with Gasteiger partial charge >= 0.3 is 0 Å². The second kappa shape index (κ2) is 5.10. The van der Waals surface area contributed by atoms with E-state index in [1.807, 2.05) is 42.5 Å². The van der Waals surface area contributed by atoms with E-state index in [0.717, 1.165) is 22.1 Å². The van der Waals surface area contributed by atoms with Crippen LogP contribution in [0.4, 0.5) is 0 Å². The van der Waals surface area contributed by atoms with Gasteiger partial charge in [0.1, 0.15) is 5.75 Å². The van der Waals surface area contributed by atoms with E-state index in [1.54, 1.807) is 0 Å². The number of benzene rings is 2. The fraction of sp³-hybridized carbons (Fsp3) is 0.118. The summed E-state index contributed by atoms with van der Waals surface area (Å²) in [6, 6.07) is 15.7. The Kier molecular flexibility index (Phi) is 3.28. The maximum absolute atomic E-state index is 10.3. The molecule has 3 heteroatoms. The number of rotatable bonds is 3. The summed E-state index contributed by atoms with van der Waals surface area (Å²) in [5, 5.41) is 19.5. The first kappa shape index (κ1) is 12.9. The van der Waals surface area contributed by atoms with Crippen molar-refractivity contribution in [2.45, 2.75) is 13.3 Å². The van der Waals surface area contributed by atoms with E-state index >= 15 is 0 Å². The lowest BCUT2D eigenvalue weighted by Gasteiger charge is -2.04. The highest BCUT2D eigenvalue weighted by Crippen LogP contribution is 2.37. The first-order valence-corrected chi connectivity index (χ1v) is 7.41. The summed E-state index contributed by atoms with van der Waals surface area (Å²) in [7, 11) is 0. The van der Waals surface area contributed by atoms with Gasteiger partial charge in [-0.15, -0.1) is 11.3 Å². The summed E-state index contributed by atoms with van der Waals surface area (Å²) in [4.78, 5) is 0.638. The Labute approximate surface area is 121 Å². The summed E-state index contributed by atoms with van der Waals surface area (Å²) in [5.74, 6) is 0.220. The third-order valence-corrected chi connectivity index (χ3v) is 4.60. The average molecular weight is 281 g/mol. The van der Waals surface area contributed by atoms with Crippen molar-refractivity contribution >= 4 is 27.1 Å². The molecule has 3 rings (SSSR count). The summed E-state index contributed by atoms with van der Waals surface area (Å²) >= 11 is 1.47. The normalized spacial score (nSPS) is 10.8. The molecule has 0 spiro atoms. The number of fused-ring (bicyclic) bond motifs is 1. The lowest BCUT2D eigenvalue weighted by atomic mass is 10.0. The van der Waals surface area contributed by atoms with Crippen molar-refractivity contribution < 1.29 is 5.11 Å². The topological polar surface area (TPSA) is 44.1 Å². The van der Waals surface area contributed by atoms with E-state index in [4.69, 9.17) is 5.41 Å². The Morgan fingerprint density at radius 2 is 1.95 bits per heavy atom. The zero-order valence-electron chi connectivity index (χ0n) is 11.2. The summed E-state index contributed by atoms with van der Waals surface area (Å²) < 4.78 is 1.01. The van der Waals surface area contributed by atoms with Gasteiger partial charge in [-0.2, -0.15) is 0 Å². The Morgan fingerprint density at radius 3 is 2.70 bits per heavy atom. The number of aromatic hydroxyl groups is 1. The largest absolute Gasteiger partial charge is 0.506 e. The SMILES string of the molecule is CCc1cccc(C(=N)c2sc3ccccc3c2O)c1. The van der Waals surface area contributed by atoms with Crippen LogP contribution in [0.25, 0.3) is 10.1 Å². The standard InChI is InChI=1S/C17H15NOS/c1-2-11-6-5-7-12(10-11)15(18)17-16(19)13-8-3-4-9-14(13)20-17/h3-10,18-19H,2H2,1H3. The monoisotopic (exact) mass is 281 g/mol. The molecule has 0 fully saturated rings. The second-order valence-corrected chi connectivity index (χ2v) is 5.76. The van der Waals surface area contributed by atoms with Crippen molar-refractivity contribution in [3.63, 3.8) is 0 Å². The van der Waals surface area contributed by atoms with Crippen molar-refractivity contribution in [2.24, 2.45) is 0 Å². The summed E-state index contributed by atoms with van der Waals surface area (Å²) in [6.45, 7) is 2.10. The average Bonchev–Trinajstić information content (AvgIpc) is 2.84. The second-order valence-electron chi connectivity index (χ2n) is 4.70. The van der Waals surface area contributed by atoms with Gasteiger partial charge in [-0.05, 0) is 30.2 Å². The van der Waals surface area contributed by atoms with Crippen LogP contribution >= 0.6 is 11.3 Å². The lowest BCUT2D eigenvalue weighted by molar-refractivity contribution is 0.482. The van der Waals surface area contributed by atoms with Crippen LogP contribution in [0.3, 0.4) is 0 Å². The van der Waals surface area contributed by atoms with Crippen LogP contribution in [0.1, 0.15) is 22.9 Å². The third-order valence-electron chi connectivity index (χ3n) is 3.42. The first-order chi connectivity index (χ1) is 9.70. The van der Waals surface area contributed by atoms with Gasteiger partial charge in [0.15, 0.2) is 0 Å². The predicted molar refractivity (Wildman–Crippen MR) is 85.2 cm³/mol. The lowest BCUT2D eigenvalue weighted by Crippen LogP contribution is -1.99. The number of thiophene rings is 1. The minimum atomic E-state index is 0.220. The Morgan fingerprint density at radius 1 is 1.15 bits per heavy atom. The predicted octanol–water partition coefficient (Wildman–Crippen LogP) is 4.59. The van der Waals surface area contributed by atoms with Crippen LogP contribution < -0.4 is 0 Å². The van der Waals surface area contributed by atoms with Gasteiger partial charge in [0, 0.05) is 15.6 Å². The van der Waals surface area contributed by atoms with Crippen LogP contribution in [0.2, 0.25) is 0 Å². The number of hydrogen-bond acceptors (Lipinski definition) is 3. The maximum Gasteiger partial charge on any atom is 0.143 e. The van der Waals surface area contributed by atoms with E-state index in [-0.39, 0.29) is 5.75 Å². The highest BCUT2D eigenvalue weighted by molar-refractivity contribution is 7.21. The van der Waals surface area contributed by atoms with Crippen molar-refractivity contribution in [3.05, 3.63) is 64.5 Å². The molecule has 0 unspecified atom stereocenters. The molecule has 0 bridgehead atoms. The summed E-state index contributed by atoms with van der Waals surface area (Å²) in [6.07, 6.45) is 0.944. The molecule has 100 valence electrons. The smallest absolute Gasteiger partial charge is 0.143 e. The van der Waals surface area contributed by atoms with Crippen LogP contribution in [0.5, 0.6) is 5.75 Å². The molecule has 0 aliphatic heterocycles. The van der Waals surface area contributed by atoms with Gasteiger partial charge in [-0.1, -0.05) is 37.3 Å². The fourth-order valence-corrected chi connectivity index (χ4v) is 3.35. The van der Waals surface area contributed by atoms with Crippen molar-refractivity contribution in [1.82, 2.24) is 0 Å². The zero-order chi connectivity index (χ0) is 14.1. The molecule has 0 radical (unpaired) electrons. The molecular formula is C17H15NOS. The number of aryl methyl sites for hydroxylation is 1. The van der Waals surface area contributed by atoms with Gasteiger partial charge in [0.2, 0.25) is 0 Å². The quantitative estimate of drug-likeness (QED) is 0.678. The summed E-state index contributed by atoms with van der Waals surface area (Å²) in [5.41, 5.74) is 2.44. The number of nitrogens with one attached hydrogen (secondary N) is 1. The molecule has 2 nitrogen and oxygen atoms in total. The van der Waals surface area contributed by atoms with Crippen LogP contribution in [0, 0.1) is 5.41 Å². The Hall–Kier alpha value is -2.13. The van der Waals surface area contributed by atoms with Crippen molar-refractivity contribution in [3.8, 4) is 5.75 Å². The Balaban J connectivity index is 2.10. The fourth-order valence-electron chi connectivity index (χ4n) is 2.28. The van der Waals surface area contributed by atoms with Gasteiger partial charge in [-0.25, -0.2) is 0 Å². The zero-order valence-corrected chi connectivity index (χ0v) is 12.0. The van der Waals surface area contributed by atoms with E-state index in [1.165, 1.54) is 16.9 Å². The van der Waals surface area contributed by atoms with E-state index in [0.29, 0.717) is 10.6 Å². The molecule has 2 aromatic carbocycles. The molecule has 20 heavy (non-hydrogen) atoms. The molecule has 2 N–H and O–H groups in total. The molecule has 0 aliphatic rings.